The number of hydrogen-bond acceptors (Lipinski definition) is 3. The topological polar surface area (TPSA) is 44.8 Å². The predicted octanol–water partition coefficient (Wildman–Crippen LogP) is 3.36. The summed E-state index contributed by atoms with van der Waals surface area (Å²) in [6.07, 6.45) is 4.29. The number of imidazole rings is 1. The number of H-pyrrole nitrogens is 1. The lowest BCUT2D eigenvalue weighted by Crippen LogP contribution is -2.18. The number of anilines is 1. The highest BCUT2D eigenvalue weighted by Crippen LogP contribution is 2.23. The molecule has 21 heavy (non-hydrogen) atoms. The van der Waals surface area contributed by atoms with Gasteiger partial charge >= 0.3 is 0 Å². The highest BCUT2D eigenvalue weighted by Gasteiger charge is 2.14. The maximum atomic E-state index is 13.2. The molecule has 1 N–H and O–H groups in total. The number of nitrogens with one attached hydrogen (secondary N) is 1. The molecule has 3 aromatic rings. The number of benzene rings is 1. The van der Waals surface area contributed by atoms with E-state index in [1.165, 1.54) is 25.0 Å². The first-order valence-corrected chi connectivity index (χ1v) is 7.16. The van der Waals surface area contributed by atoms with Gasteiger partial charge in [0.2, 0.25) is 0 Å². The average Bonchev–Trinajstić information content (AvgIpc) is 3.16. The largest absolute Gasteiger partial charge is 0.357 e. The van der Waals surface area contributed by atoms with Gasteiger partial charge in [-0.25, -0.2) is 14.4 Å². The Kier molecular flexibility index (Phi) is 2.84. The van der Waals surface area contributed by atoms with Gasteiger partial charge in [0.15, 0.2) is 0 Å². The van der Waals surface area contributed by atoms with Gasteiger partial charge in [0.25, 0.3) is 0 Å². The number of aromatic amines is 1. The molecule has 0 aliphatic carbocycles. The van der Waals surface area contributed by atoms with Crippen molar-refractivity contribution in [3.63, 3.8) is 0 Å². The first-order chi connectivity index (χ1) is 10.3. The first kappa shape index (κ1) is 12.3. The number of rotatable bonds is 2. The third-order valence-corrected chi connectivity index (χ3v) is 3.90. The number of halogens is 1. The van der Waals surface area contributed by atoms with E-state index in [-0.39, 0.29) is 5.82 Å². The van der Waals surface area contributed by atoms with E-state index in [9.17, 15) is 4.39 Å². The Morgan fingerprint density at radius 3 is 2.71 bits per heavy atom. The van der Waals surface area contributed by atoms with Crippen LogP contribution in [0.4, 0.5) is 10.2 Å². The number of hydrogen-bond donors (Lipinski definition) is 1. The number of pyridine rings is 1. The molecule has 0 amide bonds. The van der Waals surface area contributed by atoms with Crippen molar-refractivity contribution >= 4 is 16.9 Å². The van der Waals surface area contributed by atoms with E-state index in [1.54, 1.807) is 6.07 Å². The summed E-state index contributed by atoms with van der Waals surface area (Å²) in [4.78, 5) is 14.4. The lowest BCUT2D eigenvalue weighted by molar-refractivity contribution is 0.629. The van der Waals surface area contributed by atoms with Gasteiger partial charge in [0, 0.05) is 24.8 Å². The van der Waals surface area contributed by atoms with Crippen LogP contribution in [0, 0.1) is 5.82 Å². The van der Waals surface area contributed by atoms with E-state index >= 15 is 0 Å². The molecule has 4 nitrogen and oxygen atoms in total. The normalized spacial score (nSPS) is 15.0. The summed E-state index contributed by atoms with van der Waals surface area (Å²) >= 11 is 0. The smallest absolute Gasteiger partial charge is 0.140 e. The summed E-state index contributed by atoms with van der Waals surface area (Å²) < 4.78 is 13.2. The molecule has 3 heterocycles. The zero-order chi connectivity index (χ0) is 14.2. The maximum absolute atomic E-state index is 13.2. The van der Waals surface area contributed by atoms with Crippen molar-refractivity contribution < 1.29 is 4.39 Å². The van der Waals surface area contributed by atoms with Crippen LogP contribution in [0.1, 0.15) is 12.8 Å². The Morgan fingerprint density at radius 2 is 1.95 bits per heavy atom. The van der Waals surface area contributed by atoms with Gasteiger partial charge in [0.05, 0.1) is 11.0 Å². The molecule has 1 fully saturated rings. The molecule has 0 saturated carbocycles. The number of aromatic nitrogens is 3. The van der Waals surface area contributed by atoms with Crippen LogP contribution in [-0.2, 0) is 0 Å². The summed E-state index contributed by atoms with van der Waals surface area (Å²) in [5.74, 6) is 1.47. The molecule has 106 valence electrons. The van der Waals surface area contributed by atoms with Gasteiger partial charge in [-0.2, -0.15) is 0 Å². The Morgan fingerprint density at radius 1 is 1.10 bits per heavy atom. The monoisotopic (exact) mass is 282 g/mol. The molecule has 5 heteroatoms. The van der Waals surface area contributed by atoms with Gasteiger partial charge in [-0.05, 0) is 43.2 Å². The van der Waals surface area contributed by atoms with Crippen molar-refractivity contribution in [3.8, 4) is 11.4 Å². The van der Waals surface area contributed by atoms with Crippen LogP contribution in [0.15, 0.2) is 36.5 Å². The first-order valence-electron chi connectivity index (χ1n) is 7.16. The second-order valence-electron chi connectivity index (χ2n) is 5.35. The summed E-state index contributed by atoms with van der Waals surface area (Å²) in [6, 6.07) is 8.58. The zero-order valence-corrected chi connectivity index (χ0v) is 11.5. The molecule has 0 atom stereocenters. The minimum Gasteiger partial charge on any atom is -0.357 e. The number of fused-ring (bicyclic) bond motifs is 1. The van der Waals surface area contributed by atoms with Crippen LogP contribution in [0.25, 0.3) is 22.4 Å². The number of nitrogens with zero attached hydrogens (tertiary/aromatic N) is 3. The van der Waals surface area contributed by atoms with Crippen LogP contribution in [0.3, 0.4) is 0 Å². The average molecular weight is 282 g/mol. The van der Waals surface area contributed by atoms with Gasteiger partial charge in [-0.3, -0.25) is 0 Å². The summed E-state index contributed by atoms with van der Waals surface area (Å²) in [6.45, 7) is 2.16. The van der Waals surface area contributed by atoms with Crippen LogP contribution in [0.2, 0.25) is 0 Å². The van der Waals surface area contributed by atoms with E-state index in [0.29, 0.717) is 5.52 Å². The molecule has 0 radical (unpaired) electrons. The summed E-state index contributed by atoms with van der Waals surface area (Å²) in [5.41, 5.74) is 2.37. The van der Waals surface area contributed by atoms with Crippen LogP contribution in [0.5, 0.6) is 0 Å². The fourth-order valence-corrected chi connectivity index (χ4v) is 2.78. The predicted molar refractivity (Wildman–Crippen MR) is 80.7 cm³/mol. The molecule has 0 unspecified atom stereocenters. The van der Waals surface area contributed by atoms with Gasteiger partial charge in [-0.15, -0.1) is 0 Å². The zero-order valence-electron chi connectivity index (χ0n) is 11.5. The molecule has 0 bridgehead atoms. The van der Waals surface area contributed by atoms with E-state index in [1.807, 2.05) is 18.3 Å². The van der Waals surface area contributed by atoms with Gasteiger partial charge in [0.1, 0.15) is 17.5 Å². The van der Waals surface area contributed by atoms with Crippen molar-refractivity contribution in [1.82, 2.24) is 15.0 Å². The summed E-state index contributed by atoms with van der Waals surface area (Å²) in [5, 5.41) is 0. The van der Waals surface area contributed by atoms with Crippen molar-refractivity contribution in [2.75, 3.05) is 18.0 Å². The Balaban J connectivity index is 1.67. The standard InChI is InChI=1S/C16H15FN4/c17-12-4-5-13-14(9-12)20-16(19-13)11-3-6-15(18-10-11)21-7-1-2-8-21/h3-6,9-10H,1-2,7-8H2,(H,19,20). The summed E-state index contributed by atoms with van der Waals surface area (Å²) in [7, 11) is 0. The van der Waals surface area contributed by atoms with Gasteiger partial charge < -0.3 is 9.88 Å². The molecule has 0 spiro atoms. The highest BCUT2D eigenvalue weighted by atomic mass is 19.1. The molecule has 1 aromatic carbocycles. The van der Waals surface area contributed by atoms with E-state index in [2.05, 4.69) is 19.9 Å². The lowest BCUT2D eigenvalue weighted by atomic mass is 10.2. The fourth-order valence-electron chi connectivity index (χ4n) is 2.78. The van der Waals surface area contributed by atoms with Crippen molar-refractivity contribution in [3.05, 3.63) is 42.3 Å². The van der Waals surface area contributed by atoms with Crippen molar-refractivity contribution in [2.24, 2.45) is 0 Å². The molecule has 1 aliphatic heterocycles. The third-order valence-electron chi connectivity index (χ3n) is 3.90. The second-order valence-corrected chi connectivity index (χ2v) is 5.35. The molecule has 2 aromatic heterocycles. The second kappa shape index (κ2) is 4.84. The minimum absolute atomic E-state index is 0.264. The molecule has 1 aliphatic rings. The van der Waals surface area contributed by atoms with E-state index < -0.39 is 0 Å². The minimum atomic E-state index is -0.264. The SMILES string of the molecule is Fc1ccc2nc(-c3ccc(N4CCCC4)nc3)[nH]c2c1. The van der Waals surface area contributed by atoms with Crippen LogP contribution < -0.4 is 4.90 Å². The highest BCUT2D eigenvalue weighted by molar-refractivity contribution is 5.79. The fraction of sp³-hybridized carbons (Fsp3) is 0.250. The van der Waals surface area contributed by atoms with Crippen molar-refractivity contribution in [1.29, 1.82) is 0 Å². The van der Waals surface area contributed by atoms with E-state index in [0.717, 1.165) is 35.8 Å². The Hall–Kier alpha value is -2.43. The van der Waals surface area contributed by atoms with Crippen LogP contribution in [-0.4, -0.2) is 28.0 Å². The molecular weight excluding hydrogens is 267 g/mol. The molecular formula is C16H15FN4. The maximum Gasteiger partial charge on any atom is 0.140 e. The van der Waals surface area contributed by atoms with Crippen LogP contribution >= 0.6 is 0 Å². The quantitative estimate of drug-likeness (QED) is 0.784. The molecule has 1 saturated heterocycles. The Labute approximate surface area is 121 Å². The van der Waals surface area contributed by atoms with Crippen molar-refractivity contribution in [2.45, 2.75) is 12.8 Å². The van der Waals surface area contributed by atoms with Gasteiger partial charge in [-0.1, -0.05) is 0 Å². The third kappa shape index (κ3) is 2.24. The lowest BCUT2D eigenvalue weighted by Gasteiger charge is -2.15. The molecule has 4 rings (SSSR count). The van der Waals surface area contributed by atoms with E-state index in [4.69, 9.17) is 0 Å². The Bertz CT molecular complexity index is 773.